The average Bonchev–Trinajstić information content (AvgIpc) is 3.24. The quantitative estimate of drug-likeness (QED) is 0.568. The summed E-state index contributed by atoms with van der Waals surface area (Å²) < 4.78 is 0. The fourth-order valence-corrected chi connectivity index (χ4v) is 3.49. The van der Waals surface area contributed by atoms with Gasteiger partial charge in [0.05, 0.1) is 18.0 Å². The number of nitrogens with zero attached hydrogens (tertiary/aromatic N) is 3. The van der Waals surface area contributed by atoms with Crippen molar-refractivity contribution in [3.05, 3.63) is 82.4 Å². The first-order chi connectivity index (χ1) is 14.1. The van der Waals surface area contributed by atoms with E-state index in [9.17, 15) is 4.79 Å². The minimum atomic E-state index is -0.226. The molecule has 7 heteroatoms. The van der Waals surface area contributed by atoms with Crippen molar-refractivity contribution in [1.29, 1.82) is 0 Å². The van der Waals surface area contributed by atoms with Crippen molar-refractivity contribution >= 4 is 23.4 Å². The molecule has 3 aromatic rings. The predicted molar refractivity (Wildman–Crippen MR) is 114 cm³/mol. The summed E-state index contributed by atoms with van der Waals surface area (Å²) in [7, 11) is 0. The zero-order valence-corrected chi connectivity index (χ0v) is 16.4. The van der Waals surface area contributed by atoms with Crippen LogP contribution in [0.2, 0.25) is 0 Å². The van der Waals surface area contributed by atoms with Crippen LogP contribution in [0.5, 0.6) is 0 Å². The smallest absolute Gasteiger partial charge is 0.273 e. The molecule has 146 valence electrons. The van der Waals surface area contributed by atoms with Crippen LogP contribution in [0.4, 0.5) is 5.69 Å². The second-order valence-corrected chi connectivity index (χ2v) is 6.90. The molecule has 29 heavy (non-hydrogen) atoms. The molecule has 3 N–H and O–H groups in total. The number of benzene rings is 1. The Labute approximate surface area is 169 Å². The minimum Gasteiger partial charge on any atom is -0.385 e. The first-order valence-electron chi connectivity index (χ1n) is 9.47. The van der Waals surface area contributed by atoms with Crippen molar-refractivity contribution < 1.29 is 4.79 Å². The standard InChI is InChI=1S/C22H22N6O/c1-14-18(9-10-23-17-6-4-3-5-7-17)15(2)26-20(14)12-19-21(27-28-22(19)29)16-8-11-24-25-13-16/h3-8,11-13,23,26H,9-10H2,1-2H3,(H,28,29)/b19-12+. The van der Waals surface area contributed by atoms with Crippen LogP contribution >= 0.6 is 0 Å². The third-order valence-electron chi connectivity index (χ3n) is 5.02. The zero-order chi connectivity index (χ0) is 20.2. The molecule has 0 atom stereocenters. The van der Waals surface area contributed by atoms with E-state index >= 15 is 0 Å². The number of anilines is 1. The molecule has 4 rings (SSSR count). The Bertz CT molecular complexity index is 1080. The summed E-state index contributed by atoms with van der Waals surface area (Å²) in [5, 5.41) is 15.3. The Morgan fingerprint density at radius 3 is 2.69 bits per heavy atom. The summed E-state index contributed by atoms with van der Waals surface area (Å²) in [6, 6.07) is 11.9. The van der Waals surface area contributed by atoms with Gasteiger partial charge in [0.25, 0.3) is 5.91 Å². The summed E-state index contributed by atoms with van der Waals surface area (Å²) >= 11 is 0. The molecule has 0 bridgehead atoms. The van der Waals surface area contributed by atoms with Crippen molar-refractivity contribution in [2.24, 2.45) is 5.10 Å². The van der Waals surface area contributed by atoms with E-state index in [1.807, 2.05) is 24.3 Å². The number of aryl methyl sites for hydroxylation is 1. The maximum atomic E-state index is 12.3. The number of H-pyrrole nitrogens is 1. The van der Waals surface area contributed by atoms with Gasteiger partial charge in [0.1, 0.15) is 5.71 Å². The zero-order valence-electron chi connectivity index (χ0n) is 16.4. The highest BCUT2D eigenvalue weighted by Crippen LogP contribution is 2.23. The number of para-hydroxylation sites is 1. The molecule has 1 aliphatic heterocycles. The van der Waals surface area contributed by atoms with Gasteiger partial charge in [-0.3, -0.25) is 4.79 Å². The van der Waals surface area contributed by atoms with Gasteiger partial charge < -0.3 is 10.3 Å². The molecule has 1 amide bonds. The van der Waals surface area contributed by atoms with E-state index in [0.29, 0.717) is 11.3 Å². The molecule has 2 aromatic heterocycles. The number of nitrogens with one attached hydrogen (secondary N) is 3. The van der Waals surface area contributed by atoms with Gasteiger partial charge in [0.15, 0.2) is 0 Å². The highest BCUT2D eigenvalue weighted by molar-refractivity contribution is 6.33. The summed E-state index contributed by atoms with van der Waals surface area (Å²) in [6.45, 7) is 4.96. The van der Waals surface area contributed by atoms with Crippen molar-refractivity contribution in [2.75, 3.05) is 11.9 Å². The van der Waals surface area contributed by atoms with Crippen LogP contribution in [0.25, 0.3) is 6.08 Å². The minimum absolute atomic E-state index is 0.226. The van der Waals surface area contributed by atoms with Gasteiger partial charge in [-0.2, -0.15) is 15.3 Å². The first-order valence-corrected chi connectivity index (χ1v) is 9.47. The van der Waals surface area contributed by atoms with Crippen LogP contribution in [0.15, 0.2) is 59.5 Å². The number of aromatic nitrogens is 3. The largest absolute Gasteiger partial charge is 0.385 e. The van der Waals surface area contributed by atoms with E-state index in [2.05, 4.69) is 57.0 Å². The molecular weight excluding hydrogens is 364 g/mol. The molecule has 1 aliphatic rings. The molecule has 0 aliphatic carbocycles. The van der Waals surface area contributed by atoms with E-state index in [1.54, 1.807) is 18.5 Å². The van der Waals surface area contributed by atoms with Crippen LogP contribution in [0.3, 0.4) is 0 Å². The van der Waals surface area contributed by atoms with Crippen LogP contribution in [-0.2, 0) is 11.2 Å². The number of rotatable bonds is 6. The number of carbonyl (C=O) groups is 1. The molecular formula is C22H22N6O. The maximum Gasteiger partial charge on any atom is 0.273 e. The normalized spacial score (nSPS) is 14.8. The maximum absolute atomic E-state index is 12.3. The van der Waals surface area contributed by atoms with Crippen molar-refractivity contribution in [2.45, 2.75) is 20.3 Å². The van der Waals surface area contributed by atoms with Crippen molar-refractivity contribution in [1.82, 2.24) is 20.6 Å². The molecule has 0 fully saturated rings. The number of hydrogen-bond acceptors (Lipinski definition) is 5. The highest BCUT2D eigenvalue weighted by Gasteiger charge is 2.25. The van der Waals surface area contributed by atoms with Gasteiger partial charge in [0.2, 0.25) is 0 Å². The number of amides is 1. The van der Waals surface area contributed by atoms with E-state index < -0.39 is 0 Å². The van der Waals surface area contributed by atoms with E-state index in [-0.39, 0.29) is 5.91 Å². The molecule has 7 nitrogen and oxygen atoms in total. The first kappa shape index (κ1) is 18.6. The Morgan fingerprint density at radius 2 is 1.93 bits per heavy atom. The summed E-state index contributed by atoms with van der Waals surface area (Å²) in [4.78, 5) is 15.8. The molecule has 0 unspecified atom stereocenters. The SMILES string of the molecule is Cc1[nH]c(/C=C2/C(=O)NN=C2c2ccnnc2)c(C)c1CCNc1ccccc1. The average molecular weight is 386 g/mol. The van der Waals surface area contributed by atoms with Gasteiger partial charge in [-0.15, -0.1) is 0 Å². The molecule has 0 saturated carbocycles. The highest BCUT2D eigenvalue weighted by atomic mass is 16.2. The summed E-state index contributed by atoms with van der Waals surface area (Å²) in [5.74, 6) is -0.226. The van der Waals surface area contributed by atoms with Gasteiger partial charge >= 0.3 is 0 Å². The lowest BCUT2D eigenvalue weighted by Gasteiger charge is -2.07. The molecule has 3 heterocycles. The van der Waals surface area contributed by atoms with Gasteiger partial charge in [-0.1, -0.05) is 18.2 Å². The van der Waals surface area contributed by atoms with Crippen molar-refractivity contribution in [3.8, 4) is 0 Å². The van der Waals surface area contributed by atoms with Gasteiger partial charge in [-0.25, -0.2) is 5.43 Å². The topological polar surface area (TPSA) is 95.1 Å². The third kappa shape index (κ3) is 3.94. The molecule has 0 spiro atoms. The lowest BCUT2D eigenvalue weighted by atomic mass is 10.0. The fourth-order valence-electron chi connectivity index (χ4n) is 3.49. The van der Waals surface area contributed by atoms with Gasteiger partial charge in [-0.05, 0) is 55.7 Å². The summed E-state index contributed by atoms with van der Waals surface area (Å²) in [5.41, 5.74) is 9.89. The predicted octanol–water partition coefficient (Wildman–Crippen LogP) is 2.99. The van der Waals surface area contributed by atoms with Crippen molar-refractivity contribution in [3.63, 3.8) is 0 Å². The second kappa shape index (κ2) is 8.10. The Balaban J connectivity index is 1.55. The van der Waals surface area contributed by atoms with Crippen LogP contribution < -0.4 is 10.7 Å². The van der Waals surface area contributed by atoms with Gasteiger partial charge in [0, 0.05) is 29.2 Å². The van der Waals surface area contributed by atoms with E-state index in [1.165, 1.54) is 5.56 Å². The number of hydrazone groups is 1. The Morgan fingerprint density at radius 1 is 1.10 bits per heavy atom. The van der Waals surface area contributed by atoms with Crippen LogP contribution in [0.1, 0.15) is 28.1 Å². The lowest BCUT2D eigenvalue weighted by Crippen LogP contribution is -2.13. The Kier molecular flexibility index (Phi) is 5.20. The van der Waals surface area contributed by atoms with E-state index in [4.69, 9.17) is 0 Å². The number of aromatic amines is 1. The second-order valence-electron chi connectivity index (χ2n) is 6.90. The number of carbonyl (C=O) groups excluding carboxylic acids is 1. The number of hydrogen-bond donors (Lipinski definition) is 3. The molecule has 0 radical (unpaired) electrons. The monoisotopic (exact) mass is 386 g/mol. The van der Waals surface area contributed by atoms with E-state index in [0.717, 1.165) is 41.2 Å². The third-order valence-corrected chi connectivity index (χ3v) is 5.02. The Hall–Kier alpha value is -3.74. The van der Waals surface area contributed by atoms with Crippen LogP contribution in [0, 0.1) is 13.8 Å². The van der Waals surface area contributed by atoms with Crippen LogP contribution in [-0.4, -0.2) is 33.3 Å². The fraction of sp³-hybridized carbons (Fsp3) is 0.182. The molecule has 0 saturated heterocycles. The molecule has 1 aromatic carbocycles. The summed E-state index contributed by atoms with van der Waals surface area (Å²) in [6.07, 6.45) is 5.92. The lowest BCUT2D eigenvalue weighted by molar-refractivity contribution is -0.116.